The molecule has 0 heteroatoms. The van der Waals surface area contributed by atoms with E-state index in [9.17, 15) is 0 Å². The normalized spacial score (nSPS) is 51.6. The van der Waals surface area contributed by atoms with Crippen LogP contribution in [-0.4, -0.2) is 0 Å². The van der Waals surface area contributed by atoms with Crippen LogP contribution < -0.4 is 0 Å². The molecule has 0 radical (unpaired) electrons. The van der Waals surface area contributed by atoms with Gasteiger partial charge >= 0.3 is 0 Å². The molecular formula is C32H64. The highest BCUT2D eigenvalue weighted by Gasteiger charge is 2.34. The lowest BCUT2D eigenvalue weighted by Crippen LogP contribution is -2.33. The lowest BCUT2D eigenvalue weighted by Gasteiger charge is -2.40. The summed E-state index contributed by atoms with van der Waals surface area (Å²) >= 11 is 0. The highest BCUT2D eigenvalue weighted by Crippen LogP contribution is 2.42. The van der Waals surface area contributed by atoms with Crippen LogP contribution in [0.2, 0.25) is 0 Å². The Morgan fingerprint density at radius 3 is 0.500 bits per heavy atom. The summed E-state index contributed by atoms with van der Waals surface area (Å²) in [6.07, 6.45) is 5.59. The summed E-state index contributed by atoms with van der Waals surface area (Å²) in [6, 6.07) is 0. The van der Waals surface area contributed by atoms with Gasteiger partial charge in [-0.3, -0.25) is 0 Å². The van der Waals surface area contributed by atoms with Crippen molar-refractivity contribution in [3.63, 3.8) is 0 Å². The summed E-state index contributed by atoms with van der Waals surface area (Å²) in [6.45, 7) is 35.7. The molecule has 0 heterocycles. The molecule has 32 heavy (non-hydrogen) atoms. The first-order valence-electron chi connectivity index (χ1n) is 14.7. The van der Waals surface area contributed by atoms with E-state index in [-0.39, 0.29) is 0 Å². The van der Waals surface area contributed by atoms with E-state index in [0.29, 0.717) is 0 Å². The van der Waals surface area contributed by atoms with Gasteiger partial charge in [-0.15, -0.1) is 0 Å². The molecule has 1 saturated carbocycles. The van der Waals surface area contributed by atoms with Crippen LogP contribution in [0.3, 0.4) is 0 Å². The Bertz CT molecular complexity index is 418. The Kier molecular flexibility index (Phi) is 12.4. The third-order valence-corrected chi connectivity index (χ3v) is 12.4. The molecule has 1 rings (SSSR count). The molecule has 1 fully saturated rings. The molecule has 1 aliphatic rings. The average molecular weight is 449 g/mol. The van der Waals surface area contributed by atoms with Gasteiger partial charge in [0.25, 0.3) is 0 Å². The monoisotopic (exact) mass is 449 g/mol. The van der Waals surface area contributed by atoms with Crippen LogP contribution in [0.15, 0.2) is 0 Å². The Labute approximate surface area is 205 Å². The molecule has 0 aromatic carbocycles. The Balaban J connectivity index is 3.12. The van der Waals surface area contributed by atoms with E-state index in [2.05, 4.69) is 96.9 Å². The van der Waals surface area contributed by atoms with Crippen LogP contribution in [0, 0.1) is 82.9 Å². The van der Waals surface area contributed by atoms with Gasteiger partial charge in [0.1, 0.15) is 0 Å². The summed E-state index contributed by atoms with van der Waals surface area (Å²) in [5.74, 6) is 11.4. The second-order valence-electron chi connectivity index (χ2n) is 13.7. The minimum absolute atomic E-state index is 0.803. The van der Waals surface area contributed by atoms with Crippen molar-refractivity contribution in [1.82, 2.24) is 0 Å². The predicted octanol–water partition coefficient (Wildman–Crippen LogP) is 10.5. The molecule has 0 aliphatic heterocycles. The molecule has 1 aliphatic carbocycles. The van der Waals surface area contributed by atoms with Gasteiger partial charge in [0.15, 0.2) is 0 Å². The van der Waals surface area contributed by atoms with Gasteiger partial charge in [0.2, 0.25) is 0 Å². The van der Waals surface area contributed by atoms with Crippen molar-refractivity contribution < 1.29 is 0 Å². The zero-order valence-corrected chi connectivity index (χ0v) is 24.9. The van der Waals surface area contributed by atoms with Gasteiger partial charge in [0, 0.05) is 0 Å². The Morgan fingerprint density at radius 2 is 0.344 bits per heavy atom. The molecular weight excluding hydrogens is 384 g/mol. The highest BCUT2D eigenvalue weighted by atomic mass is 14.4. The van der Waals surface area contributed by atoms with Crippen molar-refractivity contribution >= 4 is 0 Å². The van der Waals surface area contributed by atoms with Crippen molar-refractivity contribution in [1.29, 1.82) is 0 Å². The average Bonchev–Trinajstić information content (AvgIpc) is 2.79. The zero-order valence-electron chi connectivity index (χ0n) is 24.9. The lowest BCUT2D eigenvalue weighted by molar-refractivity contribution is 0.0887. The van der Waals surface area contributed by atoms with Crippen molar-refractivity contribution in [3.05, 3.63) is 0 Å². The fourth-order valence-corrected chi connectivity index (χ4v) is 7.05. The molecule has 0 N–H and O–H groups in total. The van der Waals surface area contributed by atoms with Crippen LogP contribution in [0.1, 0.15) is 123 Å². The Morgan fingerprint density at radius 1 is 0.219 bits per heavy atom. The SMILES string of the molecule is CC1CCC(C)C(C)C(C)C(C)C(C)C(C)C(C)CCC(C)C(C)C(C)C(C)C(C)C1C. The molecule has 0 nitrogen and oxygen atoms in total. The third-order valence-electron chi connectivity index (χ3n) is 12.4. The molecule has 0 amide bonds. The quantitative estimate of drug-likeness (QED) is 0.345. The van der Waals surface area contributed by atoms with E-state index in [4.69, 9.17) is 0 Å². The van der Waals surface area contributed by atoms with E-state index >= 15 is 0 Å². The summed E-state index contributed by atoms with van der Waals surface area (Å²) in [5, 5.41) is 0. The van der Waals surface area contributed by atoms with E-state index < -0.39 is 0 Å². The van der Waals surface area contributed by atoms with Gasteiger partial charge in [-0.2, -0.15) is 0 Å². The first kappa shape index (κ1) is 30.0. The maximum Gasteiger partial charge on any atom is -0.0386 e. The molecule has 0 saturated heterocycles. The van der Waals surface area contributed by atoms with Crippen molar-refractivity contribution in [3.8, 4) is 0 Å². The second kappa shape index (κ2) is 13.2. The fraction of sp³-hybridized carbons (Fsp3) is 1.00. The number of hydrogen-bond acceptors (Lipinski definition) is 0. The molecule has 0 aromatic heterocycles. The minimum Gasteiger partial charge on any atom is -0.0622 e. The van der Waals surface area contributed by atoms with Crippen molar-refractivity contribution in [2.24, 2.45) is 82.9 Å². The number of hydrogen-bond donors (Lipinski definition) is 0. The van der Waals surface area contributed by atoms with Crippen LogP contribution in [0.25, 0.3) is 0 Å². The molecule has 192 valence electrons. The predicted molar refractivity (Wildman–Crippen MR) is 147 cm³/mol. The highest BCUT2D eigenvalue weighted by molar-refractivity contribution is 4.83. The van der Waals surface area contributed by atoms with E-state index in [1.165, 1.54) is 25.7 Å². The largest absolute Gasteiger partial charge is 0.0622 e. The van der Waals surface area contributed by atoms with Gasteiger partial charge in [-0.1, -0.05) is 123 Å². The van der Waals surface area contributed by atoms with Gasteiger partial charge in [0.05, 0.1) is 0 Å². The maximum absolute atomic E-state index is 2.56. The van der Waals surface area contributed by atoms with Crippen molar-refractivity contribution in [2.45, 2.75) is 123 Å². The van der Waals surface area contributed by atoms with Gasteiger partial charge < -0.3 is 0 Å². The molecule has 0 spiro atoms. The first-order valence-corrected chi connectivity index (χ1v) is 14.7. The van der Waals surface area contributed by atoms with Gasteiger partial charge in [-0.25, -0.2) is 0 Å². The second-order valence-corrected chi connectivity index (χ2v) is 13.7. The van der Waals surface area contributed by atoms with Crippen LogP contribution in [0.5, 0.6) is 0 Å². The molecule has 12 unspecified atom stereocenters. The summed E-state index contributed by atoms with van der Waals surface area (Å²) in [7, 11) is 0. The van der Waals surface area contributed by atoms with Crippen molar-refractivity contribution in [2.75, 3.05) is 0 Å². The topological polar surface area (TPSA) is 0 Å². The molecule has 0 aromatic rings. The summed E-state index contributed by atoms with van der Waals surface area (Å²) < 4.78 is 0. The van der Waals surface area contributed by atoms with Crippen LogP contribution in [-0.2, 0) is 0 Å². The molecule has 12 atom stereocenters. The van der Waals surface area contributed by atoms with Crippen LogP contribution >= 0.6 is 0 Å². The van der Waals surface area contributed by atoms with E-state index in [0.717, 1.165) is 82.9 Å². The fourth-order valence-electron chi connectivity index (χ4n) is 7.05. The standard InChI is InChI=1S/C32H64/c1-19-15-16-20(2)24(6)29(11)32(14)30(12)26(8)22(4)18-17-21(3)25(7)28(10)31(13)27(9)23(19)5/h19-32H,15-18H2,1-14H3. The van der Waals surface area contributed by atoms with E-state index in [1.807, 2.05) is 0 Å². The van der Waals surface area contributed by atoms with Gasteiger partial charge in [-0.05, 0) is 82.9 Å². The molecule has 0 bridgehead atoms. The zero-order chi connectivity index (χ0) is 24.9. The maximum atomic E-state index is 2.56. The summed E-state index contributed by atoms with van der Waals surface area (Å²) in [4.78, 5) is 0. The minimum atomic E-state index is 0.803. The first-order chi connectivity index (χ1) is 14.7. The Hall–Kier alpha value is 0. The van der Waals surface area contributed by atoms with E-state index in [1.54, 1.807) is 0 Å². The number of rotatable bonds is 0. The third kappa shape index (κ3) is 7.50. The smallest absolute Gasteiger partial charge is 0.0386 e. The van der Waals surface area contributed by atoms with Crippen LogP contribution in [0.4, 0.5) is 0 Å². The lowest BCUT2D eigenvalue weighted by atomic mass is 9.65. The summed E-state index contributed by atoms with van der Waals surface area (Å²) in [5.41, 5.74) is 0.